The highest BCUT2D eigenvalue weighted by atomic mass is 19.4. The van der Waals surface area contributed by atoms with Crippen LogP contribution in [-0.4, -0.2) is 28.9 Å². The Morgan fingerprint density at radius 1 is 1.04 bits per heavy atom. The van der Waals surface area contributed by atoms with Crippen LogP contribution in [0.25, 0.3) is 16.8 Å². The summed E-state index contributed by atoms with van der Waals surface area (Å²) in [6.07, 6.45) is -4.72. The first-order chi connectivity index (χ1) is 12.2. The smallest absolute Gasteiger partial charge is 0.347 e. The highest BCUT2D eigenvalue weighted by Gasteiger charge is 2.38. The van der Waals surface area contributed by atoms with E-state index >= 15 is 0 Å². The van der Waals surface area contributed by atoms with Crippen LogP contribution in [0.4, 0.5) is 23.5 Å². The van der Waals surface area contributed by atoms with Gasteiger partial charge in [-0.15, -0.1) is 5.10 Å². The summed E-state index contributed by atoms with van der Waals surface area (Å²) < 4.78 is 54.5. The van der Waals surface area contributed by atoms with Gasteiger partial charge in [0.2, 0.25) is 5.95 Å². The zero-order chi connectivity index (χ0) is 19.1. The molecule has 0 aliphatic heterocycles. The van der Waals surface area contributed by atoms with Gasteiger partial charge in [-0.2, -0.15) is 22.8 Å². The van der Waals surface area contributed by atoms with Crippen LogP contribution in [0.5, 0.6) is 0 Å². The Balaban J connectivity index is 2.23. The summed E-state index contributed by atoms with van der Waals surface area (Å²) in [4.78, 5) is 4.86. The van der Waals surface area contributed by atoms with Crippen molar-refractivity contribution >= 4 is 5.95 Å². The average molecular weight is 364 g/mol. The van der Waals surface area contributed by atoms with E-state index < -0.39 is 17.8 Å². The summed E-state index contributed by atoms with van der Waals surface area (Å²) >= 11 is 0. The van der Waals surface area contributed by atoms with Gasteiger partial charge in [0.25, 0.3) is 5.82 Å². The minimum absolute atomic E-state index is 0.0962. The van der Waals surface area contributed by atoms with Crippen molar-refractivity contribution in [3.63, 3.8) is 0 Å². The molecule has 4 nitrogen and oxygen atoms in total. The molecule has 0 spiro atoms. The van der Waals surface area contributed by atoms with Crippen molar-refractivity contribution in [3.05, 3.63) is 59.7 Å². The summed E-state index contributed by atoms with van der Waals surface area (Å²) in [5.74, 6) is -2.11. The summed E-state index contributed by atoms with van der Waals surface area (Å²) in [5.41, 5.74) is 2.10. The maximum absolute atomic E-state index is 14.6. The number of aryl methyl sites for hydroxylation is 1. The van der Waals surface area contributed by atoms with Gasteiger partial charge in [-0.25, -0.2) is 4.39 Å². The van der Waals surface area contributed by atoms with E-state index in [0.29, 0.717) is 11.1 Å². The molecule has 2 aromatic carbocycles. The van der Waals surface area contributed by atoms with Gasteiger partial charge in [-0.3, -0.25) is 0 Å². The molecule has 0 amide bonds. The van der Waals surface area contributed by atoms with Crippen molar-refractivity contribution in [3.8, 4) is 16.8 Å². The van der Waals surface area contributed by atoms with E-state index in [1.165, 1.54) is 31.1 Å². The molecule has 0 fully saturated rings. The van der Waals surface area contributed by atoms with Gasteiger partial charge in [0.1, 0.15) is 11.5 Å². The van der Waals surface area contributed by atoms with Crippen molar-refractivity contribution in [2.75, 3.05) is 19.0 Å². The Bertz CT molecular complexity index is 930. The summed E-state index contributed by atoms with van der Waals surface area (Å²) in [6, 6.07) is 12.0. The predicted octanol–water partition coefficient (Wildman–Crippen LogP) is 4.47. The molecule has 0 radical (unpaired) electrons. The van der Waals surface area contributed by atoms with E-state index in [9.17, 15) is 17.6 Å². The SMILES string of the molecule is Cc1cc(F)c(-n2nc(C(F)(F)F)nc2N(C)C)cc1-c1ccccc1. The number of alkyl halides is 3. The zero-order valence-electron chi connectivity index (χ0n) is 14.3. The highest BCUT2D eigenvalue weighted by Crippen LogP contribution is 2.32. The van der Waals surface area contributed by atoms with Crippen LogP contribution in [0, 0.1) is 12.7 Å². The number of hydrogen-bond acceptors (Lipinski definition) is 3. The fourth-order valence-corrected chi connectivity index (χ4v) is 2.63. The second kappa shape index (κ2) is 6.44. The first-order valence-corrected chi connectivity index (χ1v) is 7.76. The van der Waals surface area contributed by atoms with Gasteiger partial charge in [0.15, 0.2) is 0 Å². The van der Waals surface area contributed by atoms with Gasteiger partial charge >= 0.3 is 6.18 Å². The minimum Gasteiger partial charge on any atom is -0.347 e. The topological polar surface area (TPSA) is 34.0 Å². The number of rotatable bonds is 3. The van der Waals surface area contributed by atoms with E-state index in [1.54, 1.807) is 6.92 Å². The van der Waals surface area contributed by atoms with Crippen LogP contribution in [-0.2, 0) is 6.18 Å². The van der Waals surface area contributed by atoms with Crippen molar-refractivity contribution < 1.29 is 17.6 Å². The molecule has 3 rings (SSSR count). The van der Waals surface area contributed by atoms with E-state index in [0.717, 1.165) is 10.2 Å². The Morgan fingerprint density at radius 3 is 2.27 bits per heavy atom. The van der Waals surface area contributed by atoms with Crippen molar-refractivity contribution in [1.82, 2.24) is 14.8 Å². The predicted molar refractivity (Wildman–Crippen MR) is 90.8 cm³/mol. The quantitative estimate of drug-likeness (QED) is 0.643. The molecule has 136 valence electrons. The van der Waals surface area contributed by atoms with E-state index in [-0.39, 0.29) is 11.6 Å². The zero-order valence-corrected chi connectivity index (χ0v) is 14.3. The molecule has 3 aromatic rings. The summed E-state index contributed by atoms with van der Waals surface area (Å²) in [7, 11) is 3.04. The van der Waals surface area contributed by atoms with Crippen LogP contribution in [0.1, 0.15) is 11.4 Å². The van der Waals surface area contributed by atoms with E-state index in [2.05, 4.69) is 10.1 Å². The molecule has 0 saturated heterocycles. The van der Waals surface area contributed by atoms with Crippen molar-refractivity contribution in [1.29, 1.82) is 0 Å². The largest absolute Gasteiger partial charge is 0.453 e. The first-order valence-electron chi connectivity index (χ1n) is 7.76. The molecule has 0 bridgehead atoms. The maximum atomic E-state index is 14.6. The molecule has 1 aromatic heterocycles. The fourth-order valence-electron chi connectivity index (χ4n) is 2.63. The van der Waals surface area contributed by atoms with Crippen LogP contribution in [0.2, 0.25) is 0 Å². The highest BCUT2D eigenvalue weighted by molar-refractivity contribution is 5.70. The lowest BCUT2D eigenvalue weighted by atomic mass is 9.99. The van der Waals surface area contributed by atoms with Gasteiger partial charge < -0.3 is 4.90 Å². The molecular formula is C18H16F4N4. The standard InChI is InChI=1S/C18H16F4N4/c1-11-9-14(19)15(10-13(11)12-7-5-4-6-8-12)26-17(25(2)3)23-16(24-26)18(20,21)22/h4-10H,1-3H3. The molecule has 8 heteroatoms. The lowest BCUT2D eigenvalue weighted by molar-refractivity contribution is -0.144. The lowest BCUT2D eigenvalue weighted by Crippen LogP contribution is -2.16. The summed E-state index contributed by atoms with van der Waals surface area (Å²) in [6.45, 7) is 1.74. The van der Waals surface area contributed by atoms with Gasteiger partial charge in [0.05, 0.1) is 0 Å². The Morgan fingerprint density at radius 2 is 1.69 bits per heavy atom. The molecule has 0 unspecified atom stereocenters. The third-order valence-corrected chi connectivity index (χ3v) is 3.85. The van der Waals surface area contributed by atoms with Gasteiger partial charge in [-0.05, 0) is 35.7 Å². The number of halogens is 4. The average Bonchev–Trinajstić information content (AvgIpc) is 3.01. The second-order valence-corrected chi connectivity index (χ2v) is 6.02. The molecule has 0 aliphatic rings. The molecule has 0 N–H and O–H groups in total. The van der Waals surface area contributed by atoms with E-state index in [1.807, 2.05) is 30.3 Å². The van der Waals surface area contributed by atoms with Crippen molar-refractivity contribution in [2.24, 2.45) is 0 Å². The third kappa shape index (κ3) is 3.26. The third-order valence-electron chi connectivity index (χ3n) is 3.85. The number of benzene rings is 2. The van der Waals surface area contributed by atoms with Gasteiger partial charge in [-0.1, -0.05) is 30.3 Å². The number of aromatic nitrogens is 3. The molecular weight excluding hydrogens is 348 g/mol. The summed E-state index contributed by atoms with van der Waals surface area (Å²) in [5, 5.41) is 3.50. The molecule has 26 heavy (non-hydrogen) atoms. The fraction of sp³-hybridized carbons (Fsp3) is 0.222. The number of anilines is 1. The molecule has 0 saturated carbocycles. The van der Waals surface area contributed by atoms with E-state index in [4.69, 9.17) is 0 Å². The van der Waals surface area contributed by atoms with Crippen LogP contribution in [0.3, 0.4) is 0 Å². The lowest BCUT2D eigenvalue weighted by Gasteiger charge is -2.15. The second-order valence-electron chi connectivity index (χ2n) is 6.02. The number of nitrogens with zero attached hydrogens (tertiary/aromatic N) is 4. The van der Waals surface area contributed by atoms with Crippen molar-refractivity contribution in [2.45, 2.75) is 13.1 Å². The Hall–Kier alpha value is -2.90. The maximum Gasteiger partial charge on any atom is 0.453 e. The van der Waals surface area contributed by atoms with Gasteiger partial charge in [0, 0.05) is 14.1 Å². The first kappa shape index (κ1) is 17.9. The van der Waals surface area contributed by atoms with Crippen LogP contribution < -0.4 is 4.90 Å². The molecule has 0 atom stereocenters. The molecule has 0 aliphatic carbocycles. The van der Waals surface area contributed by atoms with Crippen LogP contribution in [0.15, 0.2) is 42.5 Å². The minimum atomic E-state index is -4.72. The normalized spacial score (nSPS) is 11.7. The Labute approximate surface area is 147 Å². The Kier molecular flexibility index (Phi) is 4.43. The molecule has 1 heterocycles. The monoisotopic (exact) mass is 364 g/mol. The van der Waals surface area contributed by atoms with Crippen LogP contribution >= 0.6 is 0 Å². The number of hydrogen-bond donors (Lipinski definition) is 0.